The number of halogens is 4. The zero-order valence-corrected chi connectivity index (χ0v) is 21.3. The molecule has 4 atom stereocenters. The fraction of sp³-hybridized carbons (Fsp3) is 0.500. The van der Waals surface area contributed by atoms with E-state index in [4.69, 9.17) is 9.47 Å². The van der Waals surface area contributed by atoms with Crippen molar-refractivity contribution in [2.24, 2.45) is 11.8 Å². The molecule has 10 heteroatoms. The first-order valence-electron chi connectivity index (χ1n) is 12.6. The summed E-state index contributed by atoms with van der Waals surface area (Å²) < 4.78 is 70.7. The molecular formula is C28H28F4O6. The zero-order valence-electron chi connectivity index (χ0n) is 21.3. The second kappa shape index (κ2) is 9.17. The van der Waals surface area contributed by atoms with Gasteiger partial charge in [-0.3, -0.25) is 9.59 Å². The maximum atomic E-state index is 14.5. The van der Waals surface area contributed by atoms with E-state index in [1.54, 1.807) is 6.92 Å². The summed E-state index contributed by atoms with van der Waals surface area (Å²) in [5, 5.41) is 9.38. The third-order valence-electron chi connectivity index (χ3n) is 8.65. The van der Waals surface area contributed by atoms with Crippen LogP contribution in [0.5, 0.6) is 11.5 Å². The van der Waals surface area contributed by atoms with Crippen molar-refractivity contribution in [3.8, 4) is 11.5 Å². The van der Waals surface area contributed by atoms with E-state index in [1.165, 1.54) is 14.2 Å². The van der Waals surface area contributed by atoms with Crippen molar-refractivity contribution in [2.45, 2.75) is 56.3 Å². The van der Waals surface area contributed by atoms with E-state index in [0.717, 1.165) is 12.1 Å². The van der Waals surface area contributed by atoms with Gasteiger partial charge < -0.3 is 19.3 Å². The van der Waals surface area contributed by atoms with E-state index in [2.05, 4.69) is 4.74 Å². The molecule has 6 rings (SSSR count). The standard InChI is InChI=1S/C15H16F2O3.C13H12F2O3/c1-3-20-14(18)9-7-15(9)5-4-8-10(16)6-11(19-2)13(17)12(8)15;1-18-12(17)7-5-13(7)3-2-6-8(14)4-9(16)11(15)10(6)13/h6,9H,3-5,7H2,1-2H3;4,7,16H,2-3,5H2,1H3. The van der Waals surface area contributed by atoms with E-state index < -0.39 is 51.7 Å². The number of carbonyl (C=O) groups is 2. The Morgan fingerprint density at radius 1 is 0.895 bits per heavy atom. The minimum absolute atomic E-state index is 0.1000. The monoisotopic (exact) mass is 536 g/mol. The Kier molecular flexibility index (Phi) is 6.35. The lowest BCUT2D eigenvalue weighted by molar-refractivity contribution is -0.145. The van der Waals surface area contributed by atoms with Gasteiger partial charge in [0.15, 0.2) is 23.1 Å². The maximum Gasteiger partial charge on any atom is 0.309 e. The van der Waals surface area contributed by atoms with Crippen molar-refractivity contribution in [1.29, 1.82) is 0 Å². The Balaban J connectivity index is 0.000000156. The second-order valence-electron chi connectivity index (χ2n) is 10.4. The van der Waals surface area contributed by atoms with Crippen LogP contribution >= 0.6 is 0 Å². The van der Waals surface area contributed by atoms with Crippen LogP contribution in [0.3, 0.4) is 0 Å². The highest BCUT2D eigenvalue weighted by molar-refractivity contribution is 5.81. The van der Waals surface area contributed by atoms with Crippen molar-refractivity contribution < 1.29 is 46.5 Å². The van der Waals surface area contributed by atoms with E-state index >= 15 is 0 Å². The molecule has 0 aliphatic heterocycles. The molecule has 2 saturated carbocycles. The van der Waals surface area contributed by atoms with E-state index in [-0.39, 0.29) is 28.8 Å². The quantitative estimate of drug-likeness (QED) is 0.447. The number of carbonyl (C=O) groups excluding carboxylic acids is 2. The Morgan fingerprint density at radius 2 is 1.42 bits per heavy atom. The topological polar surface area (TPSA) is 82.1 Å². The van der Waals surface area contributed by atoms with E-state index in [0.29, 0.717) is 56.3 Å². The Bertz CT molecular complexity index is 1340. The first kappa shape index (κ1) is 26.3. The van der Waals surface area contributed by atoms with E-state index in [9.17, 15) is 32.3 Å². The van der Waals surface area contributed by atoms with Crippen molar-refractivity contribution >= 4 is 11.9 Å². The maximum absolute atomic E-state index is 14.5. The van der Waals surface area contributed by atoms with E-state index in [1.807, 2.05) is 0 Å². The normalized spacial score (nSPS) is 27.3. The molecule has 4 unspecified atom stereocenters. The molecule has 1 N–H and O–H groups in total. The van der Waals surface area contributed by atoms with Crippen LogP contribution in [0, 0.1) is 35.1 Å². The SMILES string of the molecule is CCOC(=O)C1CC12CCc1c(F)cc(OC)c(F)c12.COC(=O)C1CC12CCc1c(F)cc(O)c(F)c12. The fourth-order valence-corrected chi connectivity index (χ4v) is 6.63. The number of phenolic OH excluding ortho intramolecular Hbond substituents is 1. The Morgan fingerprint density at radius 3 is 1.95 bits per heavy atom. The minimum atomic E-state index is -0.796. The molecule has 2 fully saturated rings. The average molecular weight is 537 g/mol. The van der Waals surface area contributed by atoms with Crippen molar-refractivity contribution in [3.05, 3.63) is 57.7 Å². The van der Waals surface area contributed by atoms with Gasteiger partial charge >= 0.3 is 11.9 Å². The van der Waals surface area contributed by atoms with Crippen molar-refractivity contribution in [3.63, 3.8) is 0 Å². The summed E-state index contributed by atoms with van der Waals surface area (Å²) in [6.07, 6.45) is 2.96. The number of phenols is 1. The molecule has 204 valence electrons. The third kappa shape index (κ3) is 3.74. The number of hydrogen-bond donors (Lipinski definition) is 1. The van der Waals surface area contributed by atoms with Crippen LogP contribution in [0.4, 0.5) is 17.6 Å². The third-order valence-corrected chi connectivity index (χ3v) is 8.65. The van der Waals surface area contributed by atoms with Crippen LogP contribution in [-0.4, -0.2) is 37.9 Å². The molecule has 0 amide bonds. The molecule has 4 aliphatic carbocycles. The number of esters is 2. The van der Waals surface area contributed by atoms with Crippen molar-refractivity contribution in [1.82, 2.24) is 0 Å². The summed E-state index contributed by atoms with van der Waals surface area (Å²) in [5.41, 5.74) is -0.0674. The first-order chi connectivity index (χ1) is 18.1. The van der Waals surface area contributed by atoms with Gasteiger partial charge in [0.2, 0.25) is 0 Å². The summed E-state index contributed by atoms with van der Waals surface area (Å²) in [4.78, 5) is 23.4. The fourth-order valence-electron chi connectivity index (χ4n) is 6.63. The average Bonchev–Trinajstić information content (AvgIpc) is 3.69. The summed E-state index contributed by atoms with van der Waals surface area (Å²) >= 11 is 0. The largest absolute Gasteiger partial charge is 0.505 e. The highest BCUT2D eigenvalue weighted by Crippen LogP contribution is 2.64. The summed E-state index contributed by atoms with van der Waals surface area (Å²) in [5.74, 6) is -4.66. The van der Waals surface area contributed by atoms with Crippen LogP contribution in [0.15, 0.2) is 12.1 Å². The van der Waals surface area contributed by atoms with Crippen molar-refractivity contribution in [2.75, 3.05) is 20.8 Å². The Labute approximate surface area is 216 Å². The minimum Gasteiger partial charge on any atom is -0.505 e. The molecule has 0 aromatic heterocycles. The molecule has 4 aliphatic rings. The number of fused-ring (bicyclic) bond motifs is 4. The summed E-state index contributed by atoms with van der Waals surface area (Å²) in [6, 6.07) is 1.87. The molecule has 0 radical (unpaired) electrons. The molecule has 0 bridgehead atoms. The number of hydrogen-bond acceptors (Lipinski definition) is 6. The zero-order chi connectivity index (χ0) is 27.6. The van der Waals surface area contributed by atoms with Crippen LogP contribution in [0.2, 0.25) is 0 Å². The molecule has 2 aromatic rings. The predicted octanol–water partition coefficient (Wildman–Crippen LogP) is 4.79. The highest BCUT2D eigenvalue weighted by Gasteiger charge is 2.65. The first-order valence-corrected chi connectivity index (χ1v) is 12.6. The van der Waals surface area contributed by atoms with Crippen LogP contribution in [0.25, 0.3) is 0 Å². The summed E-state index contributed by atoms with van der Waals surface area (Å²) in [6.45, 7) is 2.03. The lowest BCUT2D eigenvalue weighted by atomic mass is 9.94. The number of methoxy groups -OCH3 is 2. The molecule has 2 aromatic carbocycles. The van der Waals surface area contributed by atoms with Gasteiger partial charge in [0.1, 0.15) is 11.6 Å². The number of rotatable bonds is 4. The van der Waals surface area contributed by atoms with Crippen LogP contribution in [0.1, 0.15) is 54.9 Å². The van der Waals surface area contributed by atoms with Gasteiger partial charge in [-0.15, -0.1) is 0 Å². The molecule has 0 heterocycles. The van der Waals surface area contributed by atoms with Gasteiger partial charge in [-0.2, -0.15) is 0 Å². The van der Waals surface area contributed by atoms with Gasteiger partial charge in [0, 0.05) is 34.1 Å². The number of ether oxygens (including phenoxy) is 3. The summed E-state index contributed by atoms with van der Waals surface area (Å²) in [7, 11) is 2.59. The highest BCUT2D eigenvalue weighted by atomic mass is 19.1. The van der Waals surface area contributed by atoms with Crippen LogP contribution < -0.4 is 4.74 Å². The molecular weight excluding hydrogens is 508 g/mol. The smallest absolute Gasteiger partial charge is 0.309 e. The van der Waals surface area contributed by atoms with Gasteiger partial charge in [-0.1, -0.05) is 0 Å². The lowest BCUT2D eigenvalue weighted by Crippen LogP contribution is -2.16. The van der Waals surface area contributed by atoms with Gasteiger partial charge in [0.05, 0.1) is 32.7 Å². The lowest BCUT2D eigenvalue weighted by Gasteiger charge is -2.14. The molecule has 38 heavy (non-hydrogen) atoms. The predicted molar refractivity (Wildman–Crippen MR) is 126 cm³/mol. The van der Waals surface area contributed by atoms with Crippen LogP contribution in [-0.2, 0) is 42.7 Å². The number of aromatic hydroxyl groups is 1. The van der Waals surface area contributed by atoms with Gasteiger partial charge in [0.25, 0.3) is 0 Å². The molecule has 2 spiro atoms. The molecule has 6 nitrogen and oxygen atoms in total. The number of benzene rings is 2. The van der Waals surface area contributed by atoms with Gasteiger partial charge in [-0.05, 0) is 56.6 Å². The Hall–Kier alpha value is -3.30. The van der Waals surface area contributed by atoms with Gasteiger partial charge in [-0.25, -0.2) is 17.6 Å². The molecule has 0 saturated heterocycles. The second-order valence-corrected chi connectivity index (χ2v) is 10.4.